The number of nitrogen functional groups attached to an aromatic ring is 1. The minimum absolute atomic E-state index is 0. The summed E-state index contributed by atoms with van der Waals surface area (Å²) < 4.78 is 10.7. The Balaban J connectivity index is 0.00000450. The van der Waals surface area contributed by atoms with Crippen LogP contribution in [-0.4, -0.2) is 30.9 Å². The Bertz CT molecular complexity index is 887. The summed E-state index contributed by atoms with van der Waals surface area (Å²) in [5.74, 6) is -0.465. The highest BCUT2D eigenvalue weighted by Gasteiger charge is 2.23. The first kappa shape index (κ1) is 24.8. The molecule has 162 valence electrons. The van der Waals surface area contributed by atoms with Crippen molar-refractivity contribution >= 4 is 35.8 Å². The number of hydrogen-bond donors (Lipinski definition) is 4. The normalized spacial score (nSPS) is 11.0. The molecule has 0 aliphatic rings. The Labute approximate surface area is 181 Å². The van der Waals surface area contributed by atoms with Gasteiger partial charge in [0.25, 0.3) is 5.91 Å². The Morgan fingerprint density at radius 3 is 2.30 bits per heavy atom. The van der Waals surface area contributed by atoms with E-state index in [1.54, 1.807) is 43.3 Å². The first-order valence-electron chi connectivity index (χ1n) is 9.27. The van der Waals surface area contributed by atoms with Gasteiger partial charge in [-0.2, -0.15) is 0 Å². The molecule has 30 heavy (non-hydrogen) atoms. The highest BCUT2D eigenvalue weighted by molar-refractivity contribution is 5.95. The number of anilines is 1. The standard InChI is InChI=1S/C21H26N4O4.ClH/c1-3-13-11-15(7-10-17(13)29-12-18(22)26)19(21(27)28-4-2)25-16-8-5-14(6-9-16)20(23)24;/h5-11,19,25H,3-4,12H2,1-2H3,(H2,22,26)(H3,23,24);1H. The molecule has 9 heteroatoms. The molecule has 0 radical (unpaired) electrons. The predicted molar refractivity (Wildman–Crippen MR) is 118 cm³/mol. The molecule has 2 aromatic rings. The maximum Gasteiger partial charge on any atom is 0.333 e. The first-order valence-corrected chi connectivity index (χ1v) is 9.27. The molecule has 0 bridgehead atoms. The van der Waals surface area contributed by atoms with Gasteiger partial charge in [-0.05, 0) is 60.9 Å². The number of benzene rings is 2. The lowest BCUT2D eigenvalue weighted by atomic mass is 10.0. The van der Waals surface area contributed by atoms with Crippen LogP contribution in [0.3, 0.4) is 0 Å². The zero-order valence-electron chi connectivity index (χ0n) is 16.9. The van der Waals surface area contributed by atoms with Gasteiger partial charge in [-0.15, -0.1) is 12.4 Å². The van der Waals surface area contributed by atoms with Crippen LogP contribution in [-0.2, 0) is 20.7 Å². The molecular formula is C21H27ClN4O4. The van der Waals surface area contributed by atoms with Gasteiger partial charge in [-0.1, -0.05) is 13.0 Å². The summed E-state index contributed by atoms with van der Waals surface area (Å²) in [6.45, 7) is 3.73. The van der Waals surface area contributed by atoms with E-state index >= 15 is 0 Å². The summed E-state index contributed by atoms with van der Waals surface area (Å²) in [4.78, 5) is 23.6. The van der Waals surface area contributed by atoms with Gasteiger partial charge in [0.2, 0.25) is 0 Å². The number of carbonyl (C=O) groups excluding carboxylic acids is 2. The maximum atomic E-state index is 12.6. The van der Waals surface area contributed by atoms with Gasteiger partial charge >= 0.3 is 5.97 Å². The maximum absolute atomic E-state index is 12.6. The second kappa shape index (κ2) is 11.7. The number of amidine groups is 1. The third-order valence-electron chi connectivity index (χ3n) is 4.20. The molecule has 0 fully saturated rings. The minimum Gasteiger partial charge on any atom is -0.484 e. The topological polar surface area (TPSA) is 141 Å². The molecule has 1 atom stereocenters. The zero-order valence-corrected chi connectivity index (χ0v) is 17.8. The number of nitrogens with one attached hydrogen (secondary N) is 2. The summed E-state index contributed by atoms with van der Waals surface area (Å²) in [5, 5.41) is 10.6. The van der Waals surface area contributed by atoms with Crippen molar-refractivity contribution in [2.24, 2.45) is 11.5 Å². The number of esters is 1. The van der Waals surface area contributed by atoms with E-state index in [9.17, 15) is 9.59 Å². The van der Waals surface area contributed by atoms with E-state index in [0.717, 1.165) is 5.56 Å². The quantitative estimate of drug-likeness (QED) is 0.257. The van der Waals surface area contributed by atoms with E-state index in [4.69, 9.17) is 26.4 Å². The van der Waals surface area contributed by atoms with Gasteiger partial charge in [0.1, 0.15) is 11.6 Å². The van der Waals surface area contributed by atoms with E-state index in [-0.39, 0.29) is 31.5 Å². The van der Waals surface area contributed by atoms with Crippen LogP contribution in [0.5, 0.6) is 5.75 Å². The average Bonchev–Trinajstić information content (AvgIpc) is 2.70. The molecule has 0 spiro atoms. The number of aryl methyl sites for hydroxylation is 1. The molecule has 0 aromatic heterocycles. The van der Waals surface area contributed by atoms with E-state index in [0.29, 0.717) is 29.0 Å². The van der Waals surface area contributed by atoms with E-state index in [1.807, 2.05) is 13.0 Å². The highest BCUT2D eigenvalue weighted by Crippen LogP contribution is 2.27. The Morgan fingerprint density at radius 1 is 1.10 bits per heavy atom. The van der Waals surface area contributed by atoms with Crippen molar-refractivity contribution in [1.29, 1.82) is 5.41 Å². The SMILES string of the molecule is CCOC(=O)C(Nc1ccc(C(=N)N)cc1)c1ccc(OCC(N)=O)c(CC)c1.Cl. The molecule has 0 aliphatic heterocycles. The van der Waals surface area contributed by atoms with Gasteiger partial charge < -0.3 is 26.3 Å². The first-order chi connectivity index (χ1) is 13.8. The fraction of sp³-hybridized carbons (Fsp3) is 0.286. The van der Waals surface area contributed by atoms with Gasteiger partial charge in [0.15, 0.2) is 12.6 Å². The second-order valence-corrected chi connectivity index (χ2v) is 6.30. The summed E-state index contributed by atoms with van der Waals surface area (Å²) in [6.07, 6.45) is 0.644. The number of halogens is 1. The van der Waals surface area contributed by atoms with Crippen molar-refractivity contribution in [1.82, 2.24) is 0 Å². The van der Waals surface area contributed by atoms with Gasteiger partial charge in [0, 0.05) is 11.3 Å². The molecule has 8 nitrogen and oxygen atoms in total. The third kappa shape index (κ3) is 6.66. The molecule has 2 rings (SSSR count). The molecular weight excluding hydrogens is 408 g/mol. The summed E-state index contributed by atoms with van der Waals surface area (Å²) in [5.41, 5.74) is 13.4. The smallest absolute Gasteiger partial charge is 0.333 e. The minimum atomic E-state index is -0.742. The van der Waals surface area contributed by atoms with Crippen LogP contribution >= 0.6 is 12.4 Å². The van der Waals surface area contributed by atoms with Crippen LogP contribution in [0.15, 0.2) is 42.5 Å². The summed E-state index contributed by atoms with van der Waals surface area (Å²) in [6, 6.07) is 11.4. The van der Waals surface area contributed by atoms with Gasteiger partial charge in [-0.3, -0.25) is 10.2 Å². The number of hydrogen-bond acceptors (Lipinski definition) is 6. The number of carbonyl (C=O) groups is 2. The van der Waals surface area contributed by atoms with Crippen LogP contribution in [0.1, 0.15) is 36.6 Å². The van der Waals surface area contributed by atoms with Crippen molar-refractivity contribution in [3.05, 3.63) is 59.2 Å². The van der Waals surface area contributed by atoms with Crippen LogP contribution in [0.2, 0.25) is 0 Å². The van der Waals surface area contributed by atoms with E-state index in [2.05, 4.69) is 5.32 Å². The van der Waals surface area contributed by atoms with Gasteiger partial charge in [-0.25, -0.2) is 4.79 Å². The fourth-order valence-electron chi connectivity index (χ4n) is 2.76. The van der Waals surface area contributed by atoms with Crippen LogP contribution in [0.25, 0.3) is 0 Å². The van der Waals surface area contributed by atoms with Crippen LogP contribution < -0.4 is 21.5 Å². The highest BCUT2D eigenvalue weighted by atomic mass is 35.5. The summed E-state index contributed by atoms with van der Waals surface area (Å²) >= 11 is 0. The molecule has 2 aromatic carbocycles. The molecule has 0 saturated heterocycles. The zero-order chi connectivity index (χ0) is 21.4. The Kier molecular flexibility index (Phi) is 9.64. The average molecular weight is 435 g/mol. The molecule has 6 N–H and O–H groups in total. The van der Waals surface area contributed by atoms with Crippen molar-refractivity contribution in [3.8, 4) is 5.75 Å². The number of nitrogens with two attached hydrogens (primary N) is 2. The lowest BCUT2D eigenvalue weighted by molar-refractivity contribution is -0.144. The lowest BCUT2D eigenvalue weighted by Gasteiger charge is -2.20. The molecule has 0 heterocycles. The third-order valence-corrected chi connectivity index (χ3v) is 4.20. The molecule has 1 amide bonds. The predicted octanol–water partition coefficient (Wildman–Crippen LogP) is 2.54. The van der Waals surface area contributed by atoms with Crippen molar-refractivity contribution < 1.29 is 19.1 Å². The number of rotatable bonds is 10. The Hall–Kier alpha value is -3.26. The number of primary amides is 1. The van der Waals surface area contributed by atoms with Crippen LogP contribution in [0.4, 0.5) is 5.69 Å². The van der Waals surface area contributed by atoms with Crippen LogP contribution in [0, 0.1) is 5.41 Å². The summed E-state index contributed by atoms with van der Waals surface area (Å²) in [7, 11) is 0. The van der Waals surface area contributed by atoms with Gasteiger partial charge in [0.05, 0.1) is 6.61 Å². The van der Waals surface area contributed by atoms with E-state index in [1.165, 1.54) is 0 Å². The number of ether oxygens (including phenoxy) is 2. The fourth-order valence-corrected chi connectivity index (χ4v) is 2.76. The van der Waals surface area contributed by atoms with E-state index < -0.39 is 17.9 Å². The Morgan fingerprint density at radius 2 is 1.77 bits per heavy atom. The second-order valence-electron chi connectivity index (χ2n) is 6.30. The number of amides is 1. The largest absolute Gasteiger partial charge is 0.484 e. The van der Waals surface area contributed by atoms with Crippen molar-refractivity contribution in [2.75, 3.05) is 18.5 Å². The van der Waals surface area contributed by atoms with Crippen molar-refractivity contribution in [3.63, 3.8) is 0 Å². The monoisotopic (exact) mass is 434 g/mol. The molecule has 0 aliphatic carbocycles. The molecule has 0 saturated carbocycles. The van der Waals surface area contributed by atoms with Crippen molar-refractivity contribution in [2.45, 2.75) is 26.3 Å². The molecule has 1 unspecified atom stereocenters. The lowest BCUT2D eigenvalue weighted by Crippen LogP contribution is -2.24.